The number of hydrogen-bond donors (Lipinski definition) is 1. The summed E-state index contributed by atoms with van der Waals surface area (Å²) in [5, 5.41) is 3.79. The molecule has 0 fully saturated rings. The van der Waals surface area contributed by atoms with Crippen molar-refractivity contribution in [3.63, 3.8) is 0 Å². The molecule has 0 aliphatic rings. The van der Waals surface area contributed by atoms with Crippen molar-refractivity contribution in [1.29, 1.82) is 0 Å². The molecule has 0 atom stereocenters. The van der Waals surface area contributed by atoms with Crippen LogP contribution in [0.15, 0.2) is 24.3 Å². The second-order valence-corrected chi connectivity index (χ2v) is 7.47. The summed E-state index contributed by atoms with van der Waals surface area (Å²) in [5.41, 5.74) is 1.96. The van der Waals surface area contributed by atoms with Crippen LogP contribution < -0.4 is 10.1 Å². The third-order valence-corrected chi connectivity index (χ3v) is 4.88. The molecule has 5 nitrogen and oxygen atoms in total. The maximum absolute atomic E-state index is 12.3. The van der Waals surface area contributed by atoms with Gasteiger partial charge in [-0.15, -0.1) is 11.3 Å². The molecule has 0 bridgehead atoms. The number of carbonyl (C=O) groups excluding carboxylic acids is 1. The van der Waals surface area contributed by atoms with Gasteiger partial charge in [0.15, 0.2) is 0 Å². The van der Waals surface area contributed by atoms with Crippen molar-refractivity contribution in [2.24, 2.45) is 0 Å². The number of rotatable bonds is 9. The van der Waals surface area contributed by atoms with Gasteiger partial charge in [0.2, 0.25) is 0 Å². The van der Waals surface area contributed by atoms with Crippen LogP contribution in [0.2, 0.25) is 0 Å². The van der Waals surface area contributed by atoms with Gasteiger partial charge in [-0.05, 0) is 59.5 Å². The fourth-order valence-corrected chi connectivity index (χ4v) is 3.23. The summed E-state index contributed by atoms with van der Waals surface area (Å²) in [4.78, 5) is 19.6. The Bertz CT molecular complexity index is 680. The van der Waals surface area contributed by atoms with Crippen LogP contribution in [0.3, 0.4) is 0 Å². The van der Waals surface area contributed by atoms with E-state index < -0.39 is 0 Å². The number of thiazole rings is 1. The predicted molar refractivity (Wildman–Crippen MR) is 102 cm³/mol. The van der Waals surface area contributed by atoms with Gasteiger partial charge in [0.25, 0.3) is 5.91 Å². The average molecular weight is 362 g/mol. The van der Waals surface area contributed by atoms with Crippen molar-refractivity contribution < 1.29 is 9.53 Å². The summed E-state index contributed by atoms with van der Waals surface area (Å²) in [6, 6.07) is 7.91. The molecule has 1 amide bonds. The largest absolute Gasteiger partial charge is 0.486 e. The fraction of sp³-hybridized carbons (Fsp3) is 0.474. The minimum absolute atomic E-state index is 0.0403. The molecule has 0 spiro atoms. The van der Waals surface area contributed by atoms with Crippen molar-refractivity contribution in [1.82, 2.24) is 15.2 Å². The highest BCUT2D eigenvalue weighted by Gasteiger charge is 2.15. The zero-order valence-electron chi connectivity index (χ0n) is 15.5. The maximum atomic E-state index is 12.3. The van der Waals surface area contributed by atoms with E-state index in [4.69, 9.17) is 4.74 Å². The van der Waals surface area contributed by atoms with Gasteiger partial charge in [0.1, 0.15) is 22.2 Å². The third-order valence-electron chi connectivity index (χ3n) is 3.75. The van der Waals surface area contributed by atoms with Crippen LogP contribution >= 0.6 is 11.3 Å². The molecular weight excluding hydrogens is 334 g/mol. The van der Waals surface area contributed by atoms with Crippen LogP contribution in [-0.2, 0) is 6.61 Å². The van der Waals surface area contributed by atoms with Crippen LogP contribution in [-0.4, -0.2) is 43.0 Å². The van der Waals surface area contributed by atoms with Crippen LogP contribution in [0.25, 0.3) is 0 Å². The molecule has 2 aromatic rings. The monoisotopic (exact) mass is 361 g/mol. The van der Waals surface area contributed by atoms with Crippen molar-refractivity contribution in [3.05, 3.63) is 45.4 Å². The zero-order valence-corrected chi connectivity index (χ0v) is 16.3. The molecule has 1 heterocycles. The Morgan fingerprint density at radius 1 is 1.20 bits per heavy atom. The summed E-state index contributed by atoms with van der Waals surface area (Å²) >= 11 is 1.40. The highest BCUT2D eigenvalue weighted by atomic mass is 32.1. The standard InChI is InChI=1S/C19H27N3O2S/c1-14-7-9-16(10-8-14)24-13-17-21-15(2)18(25-17)19(23)20-11-5-6-12-22(3)4/h7-10H,5-6,11-13H2,1-4H3,(H,20,23). The van der Waals surface area contributed by atoms with Crippen molar-refractivity contribution in [2.45, 2.75) is 33.3 Å². The van der Waals surface area contributed by atoms with E-state index in [1.165, 1.54) is 16.9 Å². The van der Waals surface area contributed by atoms with E-state index >= 15 is 0 Å². The Morgan fingerprint density at radius 3 is 2.60 bits per heavy atom. The third kappa shape index (κ3) is 6.48. The molecule has 1 N–H and O–H groups in total. The molecule has 0 saturated carbocycles. The number of unbranched alkanes of at least 4 members (excludes halogenated alkanes) is 1. The quantitative estimate of drug-likeness (QED) is 0.696. The van der Waals surface area contributed by atoms with Gasteiger partial charge < -0.3 is 15.0 Å². The first kappa shape index (κ1) is 19.4. The predicted octanol–water partition coefficient (Wildman–Crippen LogP) is 3.41. The lowest BCUT2D eigenvalue weighted by molar-refractivity contribution is 0.0956. The Morgan fingerprint density at radius 2 is 1.92 bits per heavy atom. The molecule has 6 heteroatoms. The van der Waals surface area contributed by atoms with E-state index in [0.717, 1.165) is 35.8 Å². The second kappa shape index (κ2) is 9.53. The molecule has 1 aromatic carbocycles. The van der Waals surface area contributed by atoms with Crippen LogP contribution in [0.1, 0.15) is 38.8 Å². The van der Waals surface area contributed by atoms with E-state index in [1.54, 1.807) is 0 Å². The van der Waals surface area contributed by atoms with Crippen molar-refractivity contribution >= 4 is 17.2 Å². The Kier molecular flexibility index (Phi) is 7.40. The van der Waals surface area contributed by atoms with Crippen LogP contribution in [0.4, 0.5) is 0 Å². The lowest BCUT2D eigenvalue weighted by atomic mass is 10.2. The van der Waals surface area contributed by atoms with Gasteiger partial charge in [-0.3, -0.25) is 4.79 Å². The summed E-state index contributed by atoms with van der Waals surface area (Å²) < 4.78 is 5.74. The van der Waals surface area contributed by atoms with E-state index in [1.807, 2.05) is 38.1 Å². The molecule has 0 radical (unpaired) electrons. The van der Waals surface area contributed by atoms with Gasteiger partial charge in [-0.1, -0.05) is 17.7 Å². The fourth-order valence-electron chi connectivity index (χ4n) is 2.34. The number of ether oxygens (including phenoxy) is 1. The average Bonchev–Trinajstić information content (AvgIpc) is 2.94. The minimum atomic E-state index is -0.0403. The molecule has 0 aliphatic carbocycles. The molecule has 1 aromatic heterocycles. The number of aryl methyl sites for hydroxylation is 2. The van der Waals surface area contributed by atoms with E-state index in [2.05, 4.69) is 29.3 Å². The summed E-state index contributed by atoms with van der Waals surface area (Å²) in [7, 11) is 4.11. The molecule has 0 saturated heterocycles. The Balaban J connectivity index is 1.82. The maximum Gasteiger partial charge on any atom is 0.263 e. The number of aromatic nitrogens is 1. The zero-order chi connectivity index (χ0) is 18.2. The highest BCUT2D eigenvalue weighted by molar-refractivity contribution is 7.13. The number of hydrogen-bond acceptors (Lipinski definition) is 5. The summed E-state index contributed by atoms with van der Waals surface area (Å²) in [6.07, 6.45) is 2.05. The van der Waals surface area contributed by atoms with Gasteiger partial charge in [-0.25, -0.2) is 4.98 Å². The Labute approximate surface area is 154 Å². The summed E-state index contributed by atoms with van der Waals surface area (Å²) in [5.74, 6) is 0.770. The number of amides is 1. The van der Waals surface area contributed by atoms with Crippen molar-refractivity contribution in [2.75, 3.05) is 27.2 Å². The smallest absolute Gasteiger partial charge is 0.263 e. The first-order valence-corrected chi connectivity index (χ1v) is 9.36. The number of nitrogens with one attached hydrogen (secondary N) is 1. The molecule has 2 rings (SSSR count). The molecule has 136 valence electrons. The van der Waals surface area contributed by atoms with E-state index in [9.17, 15) is 4.79 Å². The van der Waals surface area contributed by atoms with Gasteiger partial charge >= 0.3 is 0 Å². The SMILES string of the molecule is Cc1ccc(OCc2nc(C)c(C(=O)NCCCCN(C)C)s2)cc1. The van der Waals surface area contributed by atoms with Crippen LogP contribution in [0.5, 0.6) is 5.75 Å². The molecule has 0 unspecified atom stereocenters. The summed E-state index contributed by atoms with van der Waals surface area (Å²) in [6.45, 7) is 6.02. The second-order valence-electron chi connectivity index (χ2n) is 6.39. The lowest BCUT2D eigenvalue weighted by Gasteiger charge is -2.09. The van der Waals surface area contributed by atoms with E-state index in [0.29, 0.717) is 18.0 Å². The Hall–Kier alpha value is -1.92. The highest BCUT2D eigenvalue weighted by Crippen LogP contribution is 2.20. The van der Waals surface area contributed by atoms with Crippen LogP contribution in [0, 0.1) is 13.8 Å². The normalized spacial score (nSPS) is 10.9. The van der Waals surface area contributed by atoms with E-state index in [-0.39, 0.29) is 5.91 Å². The minimum Gasteiger partial charge on any atom is -0.486 e. The number of nitrogens with zero attached hydrogens (tertiary/aromatic N) is 2. The lowest BCUT2D eigenvalue weighted by Crippen LogP contribution is -2.25. The number of carbonyl (C=O) groups is 1. The molecule has 0 aliphatic heterocycles. The molecular formula is C19H27N3O2S. The first-order valence-electron chi connectivity index (χ1n) is 8.54. The number of benzene rings is 1. The van der Waals surface area contributed by atoms with Gasteiger partial charge in [-0.2, -0.15) is 0 Å². The topological polar surface area (TPSA) is 54.5 Å². The molecule has 25 heavy (non-hydrogen) atoms. The van der Waals surface area contributed by atoms with Gasteiger partial charge in [0, 0.05) is 6.54 Å². The van der Waals surface area contributed by atoms with Gasteiger partial charge in [0.05, 0.1) is 5.69 Å². The van der Waals surface area contributed by atoms with Crippen molar-refractivity contribution in [3.8, 4) is 5.75 Å². The first-order chi connectivity index (χ1) is 12.0.